The average Bonchev–Trinajstić information content (AvgIpc) is 3.14. The molecule has 1 aromatic carbocycles. The van der Waals surface area contributed by atoms with Crippen LogP contribution in [0.2, 0.25) is 5.22 Å². The smallest absolute Gasteiger partial charge is 0.194 e. The summed E-state index contributed by atoms with van der Waals surface area (Å²) < 4.78 is 5.38. The van der Waals surface area contributed by atoms with Gasteiger partial charge in [0, 0.05) is 0 Å². The summed E-state index contributed by atoms with van der Waals surface area (Å²) in [6, 6.07) is 13.8. The second-order valence-electron chi connectivity index (χ2n) is 4.45. The molecular formula is C15H14ClN3OS. The minimum atomic E-state index is 0.0351. The SMILES string of the molecule is CCNC(c1ccccc1)c1nnc(-c2ccc(Cl)o2)s1. The highest BCUT2D eigenvalue weighted by atomic mass is 35.5. The molecule has 2 heterocycles. The summed E-state index contributed by atoms with van der Waals surface area (Å²) in [5.41, 5.74) is 1.17. The molecule has 0 aliphatic heterocycles. The van der Waals surface area contributed by atoms with Crippen molar-refractivity contribution in [3.8, 4) is 10.8 Å². The number of halogens is 1. The predicted molar refractivity (Wildman–Crippen MR) is 84.6 cm³/mol. The van der Waals surface area contributed by atoms with E-state index in [-0.39, 0.29) is 6.04 Å². The van der Waals surface area contributed by atoms with E-state index in [0.717, 1.165) is 16.6 Å². The zero-order valence-corrected chi connectivity index (χ0v) is 13.0. The second-order valence-corrected chi connectivity index (χ2v) is 5.83. The lowest BCUT2D eigenvalue weighted by atomic mass is 10.1. The summed E-state index contributed by atoms with van der Waals surface area (Å²) in [4.78, 5) is 0. The third-order valence-corrected chi connectivity index (χ3v) is 4.22. The molecule has 6 heteroatoms. The van der Waals surface area contributed by atoms with Crippen LogP contribution < -0.4 is 5.32 Å². The standard InChI is InChI=1S/C15H14ClN3OS/c1-2-17-13(10-6-4-3-5-7-10)15-19-18-14(21-15)11-8-9-12(16)20-11/h3-9,13,17H,2H2,1H3. The van der Waals surface area contributed by atoms with Gasteiger partial charge in [0.1, 0.15) is 5.01 Å². The van der Waals surface area contributed by atoms with E-state index < -0.39 is 0 Å². The Morgan fingerprint density at radius 3 is 2.67 bits per heavy atom. The van der Waals surface area contributed by atoms with E-state index in [1.165, 1.54) is 16.9 Å². The van der Waals surface area contributed by atoms with E-state index in [0.29, 0.717) is 11.0 Å². The van der Waals surface area contributed by atoms with Gasteiger partial charge >= 0.3 is 0 Å². The number of furan rings is 1. The van der Waals surface area contributed by atoms with E-state index >= 15 is 0 Å². The Morgan fingerprint density at radius 1 is 1.19 bits per heavy atom. The van der Waals surface area contributed by atoms with Gasteiger partial charge in [-0.05, 0) is 35.8 Å². The molecule has 3 aromatic rings. The average molecular weight is 320 g/mol. The van der Waals surface area contributed by atoms with Gasteiger partial charge in [0.05, 0.1) is 6.04 Å². The Labute approximate surface area is 131 Å². The van der Waals surface area contributed by atoms with Crippen molar-refractivity contribution in [2.75, 3.05) is 6.54 Å². The minimum Gasteiger partial charge on any atom is -0.442 e. The number of rotatable bonds is 5. The highest BCUT2D eigenvalue weighted by Crippen LogP contribution is 2.31. The van der Waals surface area contributed by atoms with Crippen LogP contribution in [0.25, 0.3) is 10.8 Å². The van der Waals surface area contributed by atoms with Crippen LogP contribution in [0, 0.1) is 0 Å². The Bertz CT molecular complexity index is 711. The molecule has 0 aliphatic rings. The van der Waals surface area contributed by atoms with Crippen LogP contribution >= 0.6 is 22.9 Å². The zero-order chi connectivity index (χ0) is 14.7. The van der Waals surface area contributed by atoms with Gasteiger partial charge in [0.15, 0.2) is 16.0 Å². The first-order valence-electron chi connectivity index (χ1n) is 6.65. The van der Waals surface area contributed by atoms with Gasteiger partial charge < -0.3 is 9.73 Å². The number of hydrogen-bond donors (Lipinski definition) is 1. The van der Waals surface area contributed by atoms with Gasteiger partial charge in [-0.1, -0.05) is 48.6 Å². The van der Waals surface area contributed by atoms with E-state index in [4.69, 9.17) is 16.0 Å². The van der Waals surface area contributed by atoms with Gasteiger partial charge in [-0.15, -0.1) is 10.2 Å². The van der Waals surface area contributed by atoms with E-state index in [2.05, 4.69) is 34.6 Å². The van der Waals surface area contributed by atoms with Crippen LogP contribution in [0.5, 0.6) is 0 Å². The Kier molecular flexibility index (Phi) is 4.34. The second kappa shape index (κ2) is 6.39. The Morgan fingerprint density at radius 2 is 2.00 bits per heavy atom. The number of aromatic nitrogens is 2. The monoisotopic (exact) mass is 319 g/mol. The number of hydrogen-bond acceptors (Lipinski definition) is 5. The summed E-state index contributed by atoms with van der Waals surface area (Å²) in [6.45, 7) is 2.92. The molecule has 0 spiro atoms. The van der Waals surface area contributed by atoms with Gasteiger partial charge in [-0.2, -0.15) is 0 Å². The van der Waals surface area contributed by atoms with Crippen LogP contribution in [0.1, 0.15) is 23.5 Å². The largest absolute Gasteiger partial charge is 0.442 e. The molecule has 0 bridgehead atoms. The molecule has 0 radical (unpaired) electrons. The fourth-order valence-corrected chi connectivity index (χ4v) is 3.13. The van der Waals surface area contributed by atoms with Crippen LogP contribution in [-0.2, 0) is 0 Å². The van der Waals surface area contributed by atoms with Crippen LogP contribution in [0.15, 0.2) is 46.9 Å². The number of nitrogens with zero attached hydrogens (tertiary/aromatic N) is 2. The minimum absolute atomic E-state index is 0.0351. The first-order chi connectivity index (χ1) is 10.3. The first-order valence-corrected chi connectivity index (χ1v) is 7.85. The molecular weight excluding hydrogens is 306 g/mol. The molecule has 0 saturated carbocycles. The van der Waals surface area contributed by atoms with Crippen LogP contribution in [-0.4, -0.2) is 16.7 Å². The predicted octanol–water partition coefficient (Wildman–Crippen LogP) is 4.15. The Balaban J connectivity index is 1.92. The summed E-state index contributed by atoms with van der Waals surface area (Å²) in [7, 11) is 0. The fraction of sp³-hybridized carbons (Fsp3) is 0.200. The topological polar surface area (TPSA) is 51.0 Å². The maximum absolute atomic E-state index is 5.80. The van der Waals surface area contributed by atoms with Crippen molar-refractivity contribution in [3.05, 3.63) is 58.3 Å². The van der Waals surface area contributed by atoms with Crippen molar-refractivity contribution in [2.45, 2.75) is 13.0 Å². The van der Waals surface area contributed by atoms with E-state index in [9.17, 15) is 0 Å². The highest BCUT2D eigenvalue weighted by Gasteiger charge is 2.19. The third kappa shape index (κ3) is 3.15. The molecule has 108 valence electrons. The molecule has 1 N–H and O–H groups in total. The molecule has 3 rings (SSSR count). The molecule has 0 aliphatic carbocycles. The van der Waals surface area contributed by atoms with E-state index in [1.54, 1.807) is 12.1 Å². The zero-order valence-electron chi connectivity index (χ0n) is 11.4. The lowest BCUT2D eigenvalue weighted by Crippen LogP contribution is -2.21. The van der Waals surface area contributed by atoms with Crippen LogP contribution in [0.3, 0.4) is 0 Å². The third-order valence-electron chi connectivity index (χ3n) is 3.01. The van der Waals surface area contributed by atoms with Crippen molar-refractivity contribution in [1.82, 2.24) is 15.5 Å². The fourth-order valence-electron chi connectivity index (χ4n) is 2.08. The maximum atomic E-state index is 5.80. The van der Waals surface area contributed by atoms with Gasteiger partial charge in [0.25, 0.3) is 0 Å². The van der Waals surface area contributed by atoms with Gasteiger partial charge in [0.2, 0.25) is 0 Å². The number of benzene rings is 1. The molecule has 1 unspecified atom stereocenters. The van der Waals surface area contributed by atoms with Crippen molar-refractivity contribution < 1.29 is 4.42 Å². The lowest BCUT2D eigenvalue weighted by molar-refractivity contribution is 0.582. The van der Waals surface area contributed by atoms with Gasteiger partial charge in [-0.25, -0.2) is 0 Å². The molecule has 0 fully saturated rings. The summed E-state index contributed by atoms with van der Waals surface area (Å²) in [5.74, 6) is 0.645. The number of nitrogens with one attached hydrogen (secondary N) is 1. The molecule has 21 heavy (non-hydrogen) atoms. The molecule has 1 atom stereocenters. The molecule has 0 saturated heterocycles. The molecule has 4 nitrogen and oxygen atoms in total. The Hall–Kier alpha value is -1.69. The normalized spacial score (nSPS) is 12.5. The molecule has 0 amide bonds. The molecule has 2 aromatic heterocycles. The quantitative estimate of drug-likeness (QED) is 0.767. The van der Waals surface area contributed by atoms with Crippen molar-refractivity contribution >= 4 is 22.9 Å². The summed E-state index contributed by atoms with van der Waals surface area (Å²) >= 11 is 7.31. The summed E-state index contributed by atoms with van der Waals surface area (Å²) in [5, 5.41) is 13.9. The lowest BCUT2D eigenvalue weighted by Gasteiger charge is -2.14. The van der Waals surface area contributed by atoms with Crippen molar-refractivity contribution in [3.63, 3.8) is 0 Å². The maximum Gasteiger partial charge on any atom is 0.194 e. The summed E-state index contributed by atoms with van der Waals surface area (Å²) in [6.07, 6.45) is 0. The van der Waals surface area contributed by atoms with Crippen molar-refractivity contribution in [1.29, 1.82) is 0 Å². The first kappa shape index (κ1) is 14.3. The van der Waals surface area contributed by atoms with E-state index in [1.807, 2.05) is 18.2 Å². The highest BCUT2D eigenvalue weighted by molar-refractivity contribution is 7.14. The van der Waals surface area contributed by atoms with Crippen LogP contribution in [0.4, 0.5) is 0 Å². The van der Waals surface area contributed by atoms with Gasteiger partial charge in [-0.3, -0.25) is 0 Å². The van der Waals surface area contributed by atoms with Crippen molar-refractivity contribution in [2.24, 2.45) is 0 Å².